The Bertz CT molecular complexity index is 420. The fourth-order valence-corrected chi connectivity index (χ4v) is 1.34. The number of urea groups is 1. The van der Waals surface area contributed by atoms with Crippen molar-refractivity contribution < 1.29 is 19.5 Å². The lowest BCUT2D eigenvalue weighted by molar-refractivity contribution is -0.140. The highest BCUT2D eigenvalue weighted by atomic mass is 32.1. The first kappa shape index (κ1) is 12.8. The molecule has 0 fully saturated rings. The van der Waals surface area contributed by atoms with E-state index in [0.717, 1.165) is 11.5 Å². The molecule has 92 valence electrons. The van der Waals surface area contributed by atoms with Crippen molar-refractivity contribution in [1.29, 1.82) is 0 Å². The molecule has 0 radical (unpaired) electrons. The van der Waals surface area contributed by atoms with Crippen molar-refractivity contribution in [3.63, 3.8) is 0 Å². The van der Waals surface area contributed by atoms with Gasteiger partial charge in [0.2, 0.25) is 5.91 Å². The van der Waals surface area contributed by atoms with E-state index < -0.39 is 30.4 Å². The molecule has 0 bridgehead atoms. The minimum atomic E-state index is -1.37. The molecule has 0 saturated carbocycles. The van der Waals surface area contributed by atoms with Crippen LogP contribution >= 0.6 is 11.5 Å². The summed E-state index contributed by atoms with van der Waals surface area (Å²) in [7, 11) is 0. The Hall–Kier alpha value is -2.23. The van der Waals surface area contributed by atoms with Crippen LogP contribution in [0.15, 0.2) is 6.20 Å². The molecule has 1 atom stereocenters. The first-order chi connectivity index (χ1) is 7.99. The number of carboxylic acids is 1. The van der Waals surface area contributed by atoms with Gasteiger partial charge in [-0.05, 0) is 0 Å². The fourth-order valence-electron chi connectivity index (χ4n) is 0.930. The van der Waals surface area contributed by atoms with E-state index in [-0.39, 0.29) is 0 Å². The number of amides is 3. The topological polar surface area (TPSA) is 147 Å². The molecular formula is C7H9N5O4S. The van der Waals surface area contributed by atoms with Crippen LogP contribution in [0, 0.1) is 0 Å². The van der Waals surface area contributed by atoms with Crippen LogP contribution in [0.3, 0.4) is 0 Å². The van der Waals surface area contributed by atoms with Crippen molar-refractivity contribution >= 4 is 34.4 Å². The summed E-state index contributed by atoms with van der Waals surface area (Å²) in [5.74, 6) is -2.17. The van der Waals surface area contributed by atoms with Crippen LogP contribution in [-0.2, 0) is 9.59 Å². The van der Waals surface area contributed by atoms with Crippen molar-refractivity contribution in [2.45, 2.75) is 12.5 Å². The smallest absolute Gasteiger partial charge is 0.326 e. The van der Waals surface area contributed by atoms with Gasteiger partial charge in [-0.25, -0.2) is 9.59 Å². The van der Waals surface area contributed by atoms with Crippen molar-refractivity contribution in [2.75, 3.05) is 5.32 Å². The minimum Gasteiger partial charge on any atom is -0.480 e. The Labute approximate surface area is 99.2 Å². The molecule has 5 N–H and O–H groups in total. The molecule has 9 nitrogen and oxygen atoms in total. The Morgan fingerprint density at radius 1 is 1.53 bits per heavy atom. The molecule has 0 aromatic carbocycles. The molecule has 0 unspecified atom stereocenters. The molecular weight excluding hydrogens is 250 g/mol. The van der Waals surface area contributed by atoms with Crippen LogP contribution in [-0.4, -0.2) is 38.6 Å². The van der Waals surface area contributed by atoms with Gasteiger partial charge in [-0.3, -0.25) is 10.1 Å². The number of aliphatic carboxylic acids is 1. The average molecular weight is 259 g/mol. The Morgan fingerprint density at radius 2 is 2.24 bits per heavy atom. The van der Waals surface area contributed by atoms with E-state index in [2.05, 4.69) is 20.2 Å². The molecule has 1 heterocycles. The summed E-state index contributed by atoms with van der Waals surface area (Å²) in [4.78, 5) is 32.6. The van der Waals surface area contributed by atoms with E-state index in [1.807, 2.05) is 0 Å². The lowest BCUT2D eigenvalue weighted by Crippen LogP contribution is -2.45. The Morgan fingerprint density at radius 3 is 2.71 bits per heavy atom. The van der Waals surface area contributed by atoms with Crippen LogP contribution in [0.4, 0.5) is 9.80 Å². The predicted molar refractivity (Wildman–Crippen MR) is 57.3 cm³/mol. The lowest BCUT2D eigenvalue weighted by Gasteiger charge is -2.12. The average Bonchev–Trinajstić information content (AvgIpc) is 2.68. The number of carbonyl (C=O) groups excluding carboxylic acids is 2. The zero-order valence-electron chi connectivity index (χ0n) is 8.41. The maximum absolute atomic E-state index is 11.3. The zero-order valence-corrected chi connectivity index (χ0v) is 9.23. The number of rotatable bonds is 5. The van der Waals surface area contributed by atoms with E-state index >= 15 is 0 Å². The first-order valence-electron chi connectivity index (χ1n) is 4.35. The van der Waals surface area contributed by atoms with Gasteiger partial charge in [0.05, 0.1) is 12.6 Å². The maximum atomic E-state index is 11.3. The summed E-state index contributed by atoms with van der Waals surface area (Å²) in [5, 5.41) is 16.9. The molecule has 0 spiro atoms. The van der Waals surface area contributed by atoms with Gasteiger partial charge < -0.3 is 16.2 Å². The lowest BCUT2D eigenvalue weighted by atomic mass is 10.2. The SMILES string of the molecule is NC(=O)C[C@H](NC(=O)Nc1cnns1)C(=O)O. The highest BCUT2D eigenvalue weighted by Crippen LogP contribution is 2.08. The van der Waals surface area contributed by atoms with E-state index in [1.165, 1.54) is 6.20 Å². The van der Waals surface area contributed by atoms with E-state index in [0.29, 0.717) is 5.00 Å². The molecule has 10 heteroatoms. The number of nitrogens with two attached hydrogens (primary N) is 1. The van der Waals surface area contributed by atoms with Crippen LogP contribution < -0.4 is 16.4 Å². The van der Waals surface area contributed by atoms with Crippen molar-refractivity contribution in [3.8, 4) is 0 Å². The van der Waals surface area contributed by atoms with Gasteiger partial charge in [-0.15, -0.1) is 5.10 Å². The monoisotopic (exact) mass is 259 g/mol. The second-order valence-corrected chi connectivity index (χ2v) is 3.73. The number of primary amides is 1. The molecule has 17 heavy (non-hydrogen) atoms. The Kier molecular flexibility index (Phi) is 4.34. The summed E-state index contributed by atoms with van der Waals surface area (Å²) in [6.07, 6.45) is 0.817. The fraction of sp³-hybridized carbons (Fsp3) is 0.286. The molecule has 0 aliphatic rings. The van der Waals surface area contributed by atoms with Crippen LogP contribution in [0.25, 0.3) is 0 Å². The third-order valence-electron chi connectivity index (χ3n) is 1.61. The normalized spacial score (nSPS) is 11.5. The number of hydrogen-bond donors (Lipinski definition) is 4. The van der Waals surface area contributed by atoms with Gasteiger partial charge in [-0.2, -0.15) is 0 Å². The summed E-state index contributed by atoms with van der Waals surface area (Å²) in [6.45, 7) is 0. The van der Waals surface area contributed by atoms with Crippen LogP contribution in [0.2, 0.25) is 0 Å². The number of aromatic nitrogens is 2. The van der Waals surface area contributed by atoms with Gasteiger partial charge in [-0.1, -0.05) is 4.49 Å². The standard InChI is InChI=1S/C7H9N5O4S/c8-4(13)1-3(6(14)15)10-7(16)11-5-2-9-12-17-5/h2-3H,1H2,(H2,8,13)(H,14,15)(H2,10,11,16)/t3-/m0/s1. The first-order valence-corrected chi connectivity index (χ1v) is 5.12. The van der Waals surface area contributed by atoms with Crippen molar-refractivity contribution in [3.05, 3.63) is 6.20 Å². The molecule has 3 amide bonds. The molecule has 0 aliphatic heterocycles. The summed E-state index contributed by atoms with van der Waals surface area (Å²) in [6, 6.07) is -2.14. The van der Waals surface area contributed by atoms with Gasteiger partial charge in [0, 0.05) is 11.5 Å². The van der Waals surface area contributed by atoms with Crippen molar-refractivity contribution in [1.82, 2.24) is 14.9 Å². The molecule has 1 aromatic heterocycles. The second-order valence-electron chi connectivity index (χ2n) is 2.94. The number of carbonyl (C=O) groups is 3. The maximum Gasteiger partial charge on any atom is 0.326 e. The number of nitrogens with one attached hydrogen (secondary N) is 2. The van der Waals surface area contributed by atoms with Crippen LogP contribution in [0.5, 0.6) is 0 Å². The highest BCUT2D eigenvalue weighted by molar-refractivity contribution is 7.10. The van der Waals surface area contributed by atoms with Gasteiger partial charge in [0.1, 0.15) is 11.0 Å². The van der Waals surface area contributed by atoms with E-state index in [1.54, 1.807) is 0 Å². The summed E-state index contributed by atoms with van der Waals surface area (Å²) >= 11 is 0.929. The largest absolute Gasteiger partial charge is 0.480 e. The predicted octanol–water partition coefficient (Wildman–Crippen LogP) is -1.01. The summed E-state index contributed by atoms with van der Waals surface area (Å²) < 4.78 is 3.50. The van der Waals surface area contributed by atoms with E-state index in [4.69, 9.17) is 10.8 Å². The zero-order chi connectivity index (χ0) is 12.8. The molecule has 0 saturated heterocycles. The Balaban J connectivity index is 2.52. The van der Waals surface area contributed by atoms with Crippen LogP contribution in [0.1, 0.15) is 6.42 Å². The van der Waals surface area contributed by atoms with E-state index in [9.17, 15) is 14.4 Å². The molecule has 0 aliphatic carbocycles. The van der Waals surface area contributed by atoms with Gasteiger partial charge >= 0.3 is 12.0 Å². The number of nitrogens with zero attached hydrogens (tertiary/aromatic N) is 2. The number of anilines is 1. The molecule has 1 aromatic rings. The summed E-state index contributed by atoms with van der Waals surface area (Å²) in [5.41, 5.74) is 4.85. The second kappa shape index (κ2) is 5.75. The third-order valence-corrected chi connectivity index (χ3v) is 2.19. The van der Waals surface area contributed by atoms with Gasteiger partial charge in [0.25, 0.3) is 0 Å². The third kappa shape index (κ3) is 4.42. The number of carboxylic acid groups (broad SMARTS) is 1. The number of hydrogen-bond acceptors (Lipinski definition) is 6. The minimum absolute atomic E-state index is 0.353. The highest BCUT2D eigenvalue weighted by Gasteiger charge is 2.22. The quantitative estimate of drug-likeness (QED) is 0.532. The van der Waals surface area contributed by atoms with Gasteiger partial charge in [0.15, 0.2) is 0 Å². The van der Waals surface area contributed by atoms with Crippen molar-refractivity contribution in [2.24, 2.45) is 5.73 Å². The molecule has 1 rings (SSSR count).